The van der Waals surface area contributed by atoms with E-state index in [2.05, 4.69) is 16.6 Å². The van der Waals surface area contributed by atoms with Gasteiger partial charge in [-0.15, -0.1) is 6.42 Å². The highest BCUT2D eigenvalue weighted by Gasteiger charge is 2.03. The quantitative estimate of drug-likeness (QED) is 0.815. The molecule has 4 nitrogen and oxygen atoms in total. The van der Waals surface area contributed by atoms with Gasteiger partial charge in [-0.05, 0) is 36.4 Å². The number of carbonyl (C=O) groups excluding carboxylic acids is 1. The van der Waals surface area contributed by atoms with Crippen LogP contribution < -0.4 is 10.6 Å². The number of hydrogen-bond acceptors (Lipinski definition) is 2. The van der Waals surface area contributed by atoms with Gasteiger partial charge in [-0.3, -0.25) is 0 Å². The number of amides is 2. The SMILES string of the molecule is C#Cc1cccc(NC(=O)Nc2cccc(C#N)c2)c1. The Kier molecular flexibility index (Phi) is 4.01. The number of carbonyl (C=O) groups is 1. The molecule has 0 fully saturated rings. The maximum Gasteiger partial charge on any atom is 0.323 e. The van der Waals surface area contributed by atoms with Crippen molar-refractivity contribution in [2.45, 2.75) is 0 Å². The minimum Gasteiger partial charge on any atom is -0.308 e. The van der Waals surface area contributed by atoms with Crippen LogP contribution in [0.4, 0.5) is 16.2 Å². The summed E-state index contributed by atoms with van der Waals surface area (Å²) < 4.78 is 0. The normalized spacial score (nSPS) is 9.10. The predicted molar refractivity (Wildman–Crippen MR) is 78.2 cm³/mol. The van der Waals surface area contributed by atoms with Crippen molar-refractivity contribution < 1.29 is 4.79 Å². The number of urea groups is 1. The zero-order chi connectivity index (χ0) is 14.4. The van der Waals surface area contributed by atoms with Crippen LogP contribution in [0.2, 0.25) is 0 Å². The second kappa shape index (κ2) is 6.08. The molecule has 20 heavy (non-hydrogen) atoms. The van der Waals surface area contributed by atoms with Crippen LogP contribution in [0.1, 0.15) is 11.1 Å². The first kappa shape index (κ1) is 13.2. The third kappa shape index (κ3) is 3.38. The van der Waals surface area contributed by atoms with Crippen molar-refractivity contribution in [2.24, 2.45) is 0 Å². The van der Waals surface area contributed by atoms with Gasteiger partial charge >= 0.3 is 6.03 Å². The third-order valence-corrected chi connectivity index (χ3v) is 2.54. The lowest BCUT2D eigenvalue weighted by molar-refractivity contribution is 0.262. The monoisotopic (exact) mass is 261 g/mol. The molecule has 2 aromatic rings. The fourth-order valence-electron chi connectivity index (χ4n) is 1.65. The van der Waals surface area contributed by atoms with Crippen LogP contribution in [0.15, 0.2) is 48.5 Å². The number of nitrogens with zero attached hydrogens (tertiary/aromatic N) is 1. The molecule has 96 valence electrons. The van der Waals surface area contributed by atoms with E-state index in [0.29, 0.717) is 22.5 Å². The topological polar surface area (TPSA) is 64.9 Å². The summed E-state index contributed by atoms with van der Waals surface area (Å²) in [6.07, 6.45) is 5.30. The Morgan fingerprint density at radius 1 is 1.00 bits per heavy atom. The van der Waals surface area contributed by atoms with Gasteiger partial charge in [-0.25, -0.2) is 4.79 Å². The van der Waals surface area contributed by atoms with Crippen molar-refractivity contribution >= 4 is 17.4 Å². The summed E-state index contributed by atoms with van der Waals surface area (Å²) in [6.45, 7) is 0. The van der Waals surface area contributed by atoms with Crippen LogP contribution in [-0.4, -0.2) is 6.03 Å². The summed E-state index contributed by atoms with van der Waals surface area (Å²) in [7, 11) is 0. The minimum absolute atomic E-state index is 0.394. The van der Waals surface area contributed by atoms with Crippen LogP contribution in [0.25, 0.3) is 0 Å². The number of nitrogens with one attached hydrogen (secondary N) is 2. The second-order valence-corrected chi connectivity index (χ2v) is 4.00. The molecule has 0 bridgehead atoms. The first-order chi connectivity index (χ1) is 9.71. The van der Waals surface area contributed by atoms with Crippen LogP contribution in [0.5, 0.6) is 0 Å². The molecule has 4 heteroatoms. The lowest BCUT2D eigenvalue weighted by atomic mass is 10.2. The largest absolute Gasteiger partial charge is 0.323 e. The van der Waals surface area contributed by atoms with E-state index in [1.54, 1.807) is 48.5 Å². The van der Waals surface area contributed by atoms with Gasteiger partial charge in [0.05, 0.1) is 11.6 Å². The molecule has 0 radical (unpaired) electrons. The molecule has 0 aliphatic rings. The average molecular weight is 261 g/mol. The first-order valence-electron chi connectivity index (χ1n) is 5.86. The zero-order valence-electron chi connectivity index (χ0n) is 10.6. The summed E-state index contributed by atoms with van der Waals surface area (Å²) in [6, 6.07) is 15.3. The molecule has 2 rings (SSSR count). The van der Waals surface area contributed by atoms with Crippen LogP contribution in [0.3, 0.4) is 0 Å². The highest BCUT2D eigenvalue weighted by molar-refractivity contribution is 5.99. The molecule has 0 aromatic heterocycles. The van der Waals surface area contributed by atoms with Gasteiger partial charge in [-0.2, -0.15) is 5.26 Å². The van der Waals surface area contributed by atoms with Gasteiger partial charge < -0.3 is 10.6 Å². The predicted octanol–water partition coefficient (Wildman–Crippen LogP) is 3.18. The van der Waals surface area contributed by atoms with E-state index in [1.807, 2.05) is 6.07 Å². The molecule has 0 heterocycles. The summed E-state index contributed by atoms with van der Waals surface area (Å²) in [4.78, 5) is 11.8. The minimum atomic E-state index is -0.394. The van der Waals surface area contributed by atoms with Gasteiger partial charge in [0, 0.05) is 16.9 Å². The Balaban J connectivity index is 2.05. The van der Waals surface area contributed by atoms with E-state index < -0.39 is 6.03 Å². The third-order valence-electron chi connectivity index (χ3n) is 2.54. The maximum absolute atomic E-state index is 11.8. The second-order valence-electron chi connectivity index (χ2n) is 4.00. The van der Waals surface area contributed by atoms with E-state index in [1.165, 1.54) is 0 Å². The maximum atomic E-state index is 11.8. The Labute approximate surface area is 117 Å². The summed E-state index contributed by atoms with van der Waals surface area (Å²) >= 11 is 0. The lowest BCUT2D eigenvalue weighted by Gasteiger charge is -2.08. The number of benzene rings is 2. The van der Waals surface area contributed by atoms with Gasteiger partial charge in [-0.1, -0.05) is 18.1 Å². The molecule has 0 saturated carbocycles. The van der Waals surface area contributed by atoms with Crippen molar-refractivity contribution in [3.63, 3.8) is 0 Å². The molecule has 0 atom stereocenters. The van der Waals surface area contributed by atoms with Crippen LogP contribution >= 0.6 is 0 Å². The molecular weight excluding hydrogens is 250 g/mol. The van der Waals surface area contributed by atoms with E-state index in [-0.39, 0.29) is 0 Å². The Morgan fingerprint density at radius 3 is 2.10 bits per heavy atom. The summed E-state index contributed by atoms with van der Waals surface area (Å²) in [5.41, 5.74) is 2.33. The summed E-state index contributed by atoms with van der Waals surface area (Å²) in [5.74, 6) is 2.50. The highest BCUT2D eigenvalue weighted by atomic mass is 16.2. The van der Waals surface area contributed by atoms with Crippen LogP contribution in [-0.2, 0) is 0 Å². The zero-order valence-corrected chi connectivity index (χ0v) is 10.6. The average Bonchev–Trinajstić information content (AvgIpc) is 2.47. The molecule has 0 aliphatic heterocycles. The molecule has 2 amide bonds. The fraction of sp³-hybridized carbons (Fsp3) is 0. The van der Waals surface area contributed by atoms with E-state index >= 15 is 0 Å². The van der Waals surface area contributed by atoms with Crippen molar-refractivity contribution in [3.8, 4) is 18.4 Å². The summed E-state index contributed by atoms with van der Waals surface area (Å²) in [5, 5.41) is 14.1. The molecular formula is C16H11N3O. The molecule has 2 aromatic carbocycles. The van der Waals surface area contributed by atoms with Gasteiger partial charge in [0.25, 0.3) is 0 Å². The van der Waals surface area contributed by atoms with Crippen molar-refractivity contribution in [1.29, 1.82) is 5.26 Å². The molecule has 2 N–H and O–H groups in total. The van der Waals surface area contributed by atoms with Gasteiger partial charge in [0.1, 0.15) is 0 Å². The number of anilines is 2. The Morgan fingerprint density at radius 2 is 1.55 bits per heavy atom. The van der Waals surface area contributed by atoms with Crippen LogP contribution in [0, 0.1) is 23.7 Å². The lowest BCUT2D eigenvalue weighted by Crippen LogP contribution is -2.19. The van der Waals surface area contributed by atoms with Gasteiger partial charge in [0.15, 0.2) is 0 Å². The Hall–Kier alpha value is -3.24. The van der Waals surface area contributed by atoms with Crippen molar-refractivity contribution in [1.82, 2.24) is 0 Å². The molecule has 0 spiro atoms. The number of rotatable bonds is 2. The van der Waals surface area contributed by atoms with Crippen molar-refractivity contribution in [3.05, 3.63) is 59.7 Å². The molecule has 0 aliphatic carbocycles. The highest BCUT2D eigenvalue weighted by Crippen LogP contribution is 2.12. The fourth-order valence-corrected chi connectivity index (χ4v) is 1.65. The molecule has 0 unspecified atom stereocenters. The standard InChI is InChI=1S/C16H11N3O/c1-2-12-5-3-7-14(9-12)18-16(20)19-15-8-4-6-13(10-15)11-17/h1,3-10H,(H2,18,19,20). The van der Waals surface area contributed by atoms with E-state index in [4.69, 9.17) is 11.7 Å². The van der Waals surface area contributed by atoms with E-state index in [9.17, 15) is 4.79 Å². The Bertz CT molecular complexity index is 661. The number of hydrogen-bond donors (Lipinski definition) is 2. The molecule has 0 saturated heterocycles. The van der Waals surface area contributed by atoms with Crippen molar-refractivity contribution in [2.75, 3.05) is 10.6 Å². The first-order valence-corrected chi connectivity index (χ1v) is 5.86. The van der Waals surface area contributed by atoms with E-state index in [0.717, 1.165) is 0 Å². The number of terminal acetylenes is 1. The smallest absolute Gasteiger partial charge is 0.308 e. The van der Waals surface area contributed by atoms with Gasteiger partial charge in [0.2, 0.25) is 0 Å². The number of nitriles is 1.